The molecule has 0 bridgehead atoms. The topological polar surface area (TPSA) is 66.5 Å². The van der Waals surface area contributed by atoms with Gasteiger partial charge in [0, 0.05) is 19.3 Å². The zero-order valence-electron chi connectivity index (χ0n) is 12.0. The molecular weight excluding hydrogens is 298 g/mol. The van der Waals surface area contributed by atoms with Crippen LogP contribution in [0.4, 0.5) is 5.82 Å². The van der Waals surface area contributed by atoms with Gasteiger partial charge in [-0.1, -0.05) is 23.7 Å². The van der Waals surface area contributed by atoms with Crippen molar-refractivity contribution in [1.29, 1.82) is 5.26 Å². The Hall–Kier alpha value is -2.58. The molecule has 1 aromatic carbocycles. The average Bonchev–Trinajstić information content (AvgIpc) is 2.84. The maximum absolute atomic E-state index is 8.81. The van der Waals surface area contributed by atoms with Crippen molar-refractivity contribution in [2.75, 3.05) is 11.9 Å². The number of rotatable bonds is 4. The number of pyridine rings is 1. The highest BCUT2D eigenvalue weighted by Crippen LogP contribution is 2.20. The molecular formula is C16H14ClN5. The first-order valence-corrected chi connectivity index (χ1v) is 7.28. The largest absolute Gasteiger partial charge is 0.367 e. The number of halogens is 1. The minimum atomic E-state index is 0.450. The summed E-state index contributed by atoms with van der Waals surface area (Å²) in [4.78, 5) is 8.70. The zero-order valence-corrected chi connectivity index (χ0v) is 12.8. The second kappa shape index (κ2) is 6.04. The van der Waals surface area contributed by atoms with Gasteiger partial charge in [-0.15, -0.1) is 0 Å². The highest BCUT2D eigenvalue weighted by molar-refractivity contribution is 6.33. The molecule has 0 fully saturated rings. The van der Waals surface area contributed by atoms with Crippen LogP contribution in [-0.2, 0) is 6.54 Å². The summed E-state index contributed by atoms with van der Waals surface area (Å²) < 4.78 is 2.15. The van der Waals surface area contributed by atoms with Crippen LogP contribution in [0.2, 0.25) is 5.02 Å². The van der Waals surface area contributed by atoms with E-state index in [0.29, 0.717) is 22.9 Å². The molecule has 22 heavy (non-hydrogen) atoms. The molecule has 6 heteroatoms. The van der Waals surface area contributed by atoms with E-state index in [0.717, 1.165) is 23.4 Å². The molecule has 0 aliphatic heterocycles. The van der Waals surface area contributed by atoms with Crippen molar-refractivity contribution in [3.63, 3.8) is 0 Å². The first kappa shape index (κ1) is 14.4. The van der Waals surface area contributed by atoms with E-state index in [4.69, 9.17) is 16.9 Å². The SMILES string of the molecule is Cc1nc2ccccc2n1CCNc1ncc(C#N)cc1Cl. The molecule has 5 nitrogen and oxygen atoms in total. The highest BCUT2D eigenvalue weighted by atomic mass is 35.5. The molecule has 110 valence electrons. The Kier molecular flexibility index (Phi) is 3.94. The summed E-state index contributed by atoms with van der Waals surface area (Å²) in [6.07, 6.45) is 1.51. The normalized spacial score (nSPS) is 10.6. The number of para-hydroxylation sites is 2. The number of aromatic nitrogens is 3. The number of imidazole rings is 1. The third-order valence-corrected chi connectivity index (χ3v) is 3.73. The van der Waals surface area contributed by atoms with E-state index in [2.05, 4.69) is 25.9 Å². The van der Waals surface area contributed by atoms with E-state index in [1.807, 2.05) is 31.2 Å². The first-order chi connectivity index (χ1) is 10.7. The van der Waals surface area contributed by atoms with Gasteiger partial charge in [0.1, 0.15) is 17.7 Å². The Bertz CT molecular complexity index is 863. The molecule has 0 unspecified atom stereocenters. The molecule has 0 amide bonds. The van der Waals surface area contributed by atoms with Crippen LogP contribution in [0.3, 0.4) is 0 Å². The molecule has 0 atom stereocenters. The predicted molar refractivity (Wildman–Crippen MR) is 86.9 cm³/mol. The summed E-state index contributed by atoms with van der Waals surface area (Å²) in [5, 5.41) is 12.4. The maximum Gasteiger partial charge on any atom is 0.144 e. The maximum atomic E-state index is 8.81. The van der Waals surface area contributed by atoms with Gasteiger partial charge in [0.2, 0.25) is 0 Å². The number of nitriles is 1. The van der Waals surface area contributed by atoms with Crippen molar-refractivity contribution in [2.45, 2.75) is 13.5 Å². The van der Waals surface area contributed by atoms with E-state index in [9.17, 15) is 0 Å². The number of nitrogens with one attached hydrogen (secondary N) is 1. The molecule has 0 radical (unpaired) electrons. The van der Waals surface area contributed by atoms with Gasteiger partial charge in [0.15, 0.2) is 0 Å². The van der Waals surface area contributed by atoms with Crippen LogP contribution in [0.25, 0.3) is 11.0 Å². The van der Waals surface area contributed by atoms with Crippen LogP contribution in [0.1, 0.15) is 11.4 Å². The number of hydrogen-bond acceptors (Lipinski definition) is 4. The lowest BCUT2D eigenvalue weighted by molar-refractivity contribution is 0.720. The van der Waals surface area contributed by atoms with Crippen molar-refractivity contribution in [2.24, 2.45) is 0 Å². The van der Waals surface area contributed by atoms with E-state index in [1.165, 1.54) is 6.20 Å². The fourth-order valence-corrected chi connectivity index (χ4v) is 2.63. The van der Waals surface area contributed by atoms with Crippen molar-refractivity contribution in [1.82, 2.24) is 14.5 Å². The van der Waals surface area contributed by atoms with Gasteiger partial charge in [0.05, 0.1) is 21.6 Å². The molecule has 2 aromatic heterocycles. The second-order valence-corrected chi connectivity index (χ2v) is 5.30. The average molecular weight is 312 g/mol. The summed E-state index contributed by atoms with van der Waals surface area (Å²) in [5.74, 6) is 1.56. The van der Waals surface area contributed by atoms with Crippen molar-refractivity contribution in [3.8, 4) is 6.07 Å². The number of anilines is 1. The summed E-state index contributed by atoms with van der Waals surface area (Å²) in [6.45, 7) is 3.41. The Morgan fingerprint density at radius 1 is 1.36 bits per heavy atom. The molecule has 1 N–H and O–H groups in total. The van der Waals surface area contributed by atoms with Crippen molar-refractivity contribution in [3.05, 3.63) is 52.9 Å². The Morgan fingerprint density at radius 2 is 2.18 bits per heavy atom. The van der Waals surface area contributed by atoms with Gasteiger partial charge >= 0.3 is 0 Å². The molecule has 0 saturated carbocycles. The van der Waals surface area contributed by atoms with Crippen LogP contribution in [-0.4, -0.2) is 21.1 Å². The summed E-state index contributed by atoms with van der Waals surface area (Å²) in [6, 6.07) is 11.7. The van der Waals surface area contributed by atoms with Gasteiger partial charge in [-0.25, -0.2) is 9.97 Å². The third-order valence-electron chi connectivity index (χ3n) is 3.44. The predicted octanol–water partition coefficient (Wildman–Crippen LogP) is 3.38. The smallest absolute Gasteiger partial charge is 0.144 e. The second-order valence-electron chi connectivity index (χ2n) is 4.89. The molecule has 3 aromatic rings. The third kappa shape index (κ3) is 2.74. The van der Waals surface area contributed by atoms with Gasteiger partial charge < -0.3 is 9.88 Å². The molecule has 3 rings (SSSR count). The monoisotopic (exact) mass is 311 g/mol. The number of aryl methyl sites for hydroxylation is 1. The first-order valence-electron chi connectivity index (χ1n) is 6.90. The Balaban J connectivity index is 1.73. The minimum Gasteiger partial charge on any atom is -0.367 e. The van der Waals surface area contributed by atoms with Gasteiger partial charge in [-0.2, -0.15) is 5.26 Å². The van der Waals surface area contributed by atoms with Crippen LogP contribution in [0.5, 0.6) is 0 Å². The number of hydrogen-bond donors (Lipinski definition) is 1. The Morgan fingerprint density at radius 3 is 2.95 bits per heavy atom. The zero-order chi connectivity index (χ0) is 15.5. The standard InChI is InChI=1S/C16H14ClN5/c1-11-21-14-4-2-3-5-15(14)22(11)7-6-19-16-13(17)8-12(9-18)10-20-16/h2-5,8,10H,6-7H2,1H3,(H,19,20). The quantitative estimate of drug-likeness (QED) is 0.802. The molecule has 0 spiro atoms. The van der Waals surface area contributed by atoms with Gasteiger partial charge in [-0.3, -0.25) is 0 Å². The van der Waals surface area contributed by atoms with E-state index < -0.39 is 0 Å². The van der Waals surface area contributed by atoms with Crippen molar-refractivity contribution >= 4 is 28.5 Å². The molecule has 0 aliphatic carbocycles. The van der Waals surface area contributed by atoms with Crippen LogP contribution in [0.15, 0.2) is 36.5 Å². The highest BCUT2D eigenvalue weighted by Gasteiger charge is 2.07. The van der Waals surface area contributed by atoms with E-state index in [-0.39, 0.29) is 0 Å². The van der Waals surface area contributed by atoms with Crippen LogP contribution in [0, 0.1) is 18.3 Å². The molecule has 0 saturated heterocycles. The number of benzene rings is 1. The fourth-order valence-electron chi connectivity index (χ4n) is 2.39. The summed E-state index contributed by atoms with van der Waals surface area (Å²) >= 11 is 6.10. The number of nitrogens with zero attached hydrogens (tertiary/aromatic N) is 4. The van der Waals surface area contributed by atoms with Gasteiger partial charge in [-0.05, 0) is 25.1 Å². The Labute approximate surface area is 133 Å². The number of fused-ring (bicyclic) bond motifs is 1. The van der Waals surface area contributed by atoms with E-state index >= 15 is 0 Å². The fraction of sp³-hybridized carbons (Fsp3) is 0.188. The summed E-state index contributed by atoms with van der Waals surface area (Å²) in [7, 11) is 0. The lowest BCUT2D eigenvalue weighted by Crippen LogP contribution is -2.12. The van der Waals surface area contributed by atoms with E-state index in [1.54, 1.807) is 6.07 Å². The molecule has 2 heterocycles. The van der Waals surface area contributed by atoms with Gasteiger partial charge in [0.25, 0.3) is 0 Å². The lowest BCUT2D eigenvalue weighted by atomic mass is 10.3. The molecule has 0 aliphatic rings. The van der Waals surface area contributed by atoms with Crippen molar-refractivity contribution < 1.29 is 0 Å². The lowest BCUT2D eigenvalue weighted by Gasteiger charge is -2.10. The summed E-state index contributed by atoms with van der Waals surface area (Å²) in [5.41, 5.74) is 2.56. The van der Waals surface area contributed by atoms with Crippen LogP contribution >= 0.6 is 11.6 Å². The van der Waals surface area contributed by atoms with Crippen LogP contribution < -0.4 is 5.32 Å². The minimum absolute atomic E-state index is 0.450.